The number of halogens is 4. The number of nitrogens with zero attached hydrogens (tertiary/aromatic N) is 1. The molecule has 0 unspecified atom stereocenters. The Morgan fingerprint density at radius 3 is 2.62 bits per heavy atom. The molecule has 1 aromatic heterocycles. The highest BCUT2D eigenvalue weighted by Crippen LogP contribution is 2.29. The van der Waals surface area contributed by atoms with Crippen molar-refractivity contribution in [3.8, 4) is 0 Å². The second-order valence-electron chi connectivity index (χ2n) is 2.33. The number of nitrogen functional groups attached to an aromatic ring is 1. The van der Waals surface area contributed by atoms with Crippen LogP contribution in [0.25, 0.3) is 0 Å². The topological polar surface area (TPSA) is 38.9 Å². The van der Waals surface area contributed by atoms with Crippen LogP contribution in [0.3, 0.4) is 0 Å². The molecule has 0 amide bonds. The first-order valence-corrected chi connectivity index (χ1v) is 5.26. The third-order valence-corrected chi connectivity index (χ3v) is 2.50. The molecule has 2 N–H and O–H groups in total. The number of alkyl halides is 3. The summed E-state index contributed by atoms with van der Waals surface area (Å²) in [5.41, 5.74) is 5.72. The molecule has 0 aliphatic carbocycles. The molecule has 1 rings (SSSR count). The highest BCUT2D eigenvalue weighted by Gasteiger charge is 2.16. The Morgan fingerprint density at radius 2 is 2.15 bits per heavy atom. The van der Waals surface area contributed by atoms with Crippen molar-refractivity contribution in [2.75, 3.05) is 5.73 Å². The molecule has 2 nitrogen and oxygen atoms in total. The van der Waals surface area contributed by atoms with E-state index < -0.39 is 6.43 Å². The van der Waals surface area contributed by atoms with E-state index in [0.717, 1.165) is 0 Å². The maximum Gasteiger partial charge on any atom is 0.264 e. The van der Waals surface area contributed by atoms with E-state index in [4.69, 9.17) is 5.73 Å². The van der Waals surface area contributed by atoms with E-state index in [2.05, 4.69) is 36.8 Å². The van der Waals surface area contributed by atoms with Gasteiger partial charge in [0.2, 0.25) is 0 Å². The van der Waals surface area contributed by atoms with Crippen LogP contribution in [-0.2, 0) is 5.33 Å². The minimum atomic E-state index is -2.53. The summed E-state index contributed by atoms with van der Waals surface area (Å²) in [5, 5.41) is 0.277. The van der Waals surface area contributed by atoms with Gasteiger partial charge in [-0.25, -0.2) is 13.8 Å². The lowest BCUT2D eigenvalue weighted by atomic mass is 10.1. The van der Waals surface area contributed by atoms with E-state index >= 15 is 0 Å². The lowest BCUT2D eigenvalue weighted by molar-refractivity contribution is 0.150. The Balaban J connectivity index is 3.29. The summed E-state index contributed by atoms with van der Waals surface area (Å²) in [4.78, 5) is 3.82. The molecule has 0 bridgehead atoms. The molecule has 1 heterocycles. The first kappa shape index (κ1) is 10.8. The smallest absolute Gasteiger partial charge is 0.264 e. The van der Waals surface area contributed by atoms with Crippen molar-refractivity contribution < 1.29 is 8.78 Å². The van der Waals surface area contributed by atoms with Crippen molar-refractivity contribution in [3.05, 3.63) is 21.8 Å². The third-order valence-electron chi connectivity index (χ3n) is 1.53. The van der Waals surface area contributed by atoms with Crippen LogP contribution in [0.1, 0.15) is 17.6 Å². The average Bonchev–Trinajstić information content (AvgIpc) is 2.02. The second-order valence-corrected chi connectivity index (χ2v) is 3.71. The monoisotopic (exact) mass is 314 g/mol. The molecular formula is C7H6Br2F2N2. The summed E-state index contributed by atoms with van der Waals surface area (Å²) in [6, 6.07) is 1.28. The van der Waals surface area contributed by atoms with Gasteiger partial charge in [-0.2, -0.15) is 0 Å². The van der Waals surface area contributed by atoms with E-state index in [9.17, 15) is 8.78 Å². The van der Waals surface area contributed by atoms with E-state index in [1.54, 1.807) is 0 Å². The molecule has 0 fully saturated rings. The highest BCUT2D eigenvalue weighted by atomic mass is 79.9. The lowest BCUT2D eigenvalue weighted by Gasteiger charge is -2.08. The maximum atomic E-state index is 12.4. The Bertz CT molecular complexity index is 318. The molecule has 1 aromatic rings. The summed E-state index contributed by atoms with van der Waals surface area (Å²) in [6.45, 7) is 0. The van der Waals surface area contributed by atoms with Crippen LogP contribution >= 0.6 is 31.9 Å². The Kier molecular flexibility index (Phi) is 3.61. The Labute approximate surface area is 90.8 Å². The van der Waals surface area contributed by atoms with Gasteiger partial charge < -0.3 is 5.73 Å². The molecule has 6 heteroatoms. The second kappa shape index (κ2) is 4.32. The zero-order chi connectivity index (χ0) is 10.0. The molecule has 0 saturated heterocycles. The number of hydrogen-bond donors (Lipinski definition) is 1. The fourth-order valence-corrected chi connectivity index (χ4v) is 1.97. The number of aromatic nitrogens is 1. The maximum absolute atomic E-state index is 12.4. The summed E-state index contributed by atoms with van der Waals surface area (Å²) in [5.74, 6) is 0.126. The lowest BCUT2D eigenvalue weighted by Crippen LogP contribution is -2.02. The molecule has 13 heavy (non-hydrogen) atoms. The number of rotatable bonds is 2. The molecule has 0 saturated carbocycles. The van der Waals surface area contributed by atoms with E-state index in [1.165, 1.54) is 6.07 Å². The molecule has 0 atom stereocenters. The predicted molar refractivity (Wildman–Crippen MR) is 53.9 cm³/mol. The zero-order valence-corrected chi connectivity index (χ0v) is 9.57. The number of hydrogen-bond acceptors (Lipinski definition) is 2. The van der Waals surface area contributed by atoms with Crippen LogP contribution in [-0.4, -0.2) is 4.98 Å². The average molecular weight is 316 g/mol. The third kappa shape index (κ3) is 2.37. The van der Waals surface area contributed by atoms with Crippen LogP contribution in [0.15, 0.2) is 10.7 Å². The van der Waals surface area contributed by atoms with Gasteiger partial charge in [-0.1, -0.05) is 15.9 Å². The van der Waals surface area contributed by atoms with Crippen molar-refractivity contribution >= 4 is 37.7 Å². The summed E-state index contributed by atoms with van der Waals surface area (Å²) < 4.78 is 25.2. The van der Waals surface area contributed by atoms with Crippen molar-refractivity contribution in [1.29, 1.82) is 0 Å². The predicted octanol–water partition coefficient (Wildman–Crippen LogP) is 3.26. The van der Waals surface area contributed by atoms with Gasteiger partial charge in [0.25, 0.3) is 6.43 Å². The van der Waals surface area contributed by atoms with Gasteiger partial charge in [-0.15, -0.1) is 0 Å². The normalized spacial score (nSPS) is 10.8. The minimum Gasteiger partial charge on any atom is -0.383 e. The number of nitrogens with two attached hydrogens (primary N) is 1. The Morgan fingerprint density at radius 1 is 1.54 bits per heavy atom. The molecular weight excluding hydrogens is 310 g/mol. The van der Waals surface area contributed by atoms with Gasteiger partial charge in [-0.05, 0) is 22.0 Å². The van der Waals surface area contributed by atoms with Crippen molar-refractivity contribution in [3.63, 3.8) is 0 Å². The fourth-order valence-electron chi connectivity index (χ4n) is 0.918. The molecule has 0 aliphatic heterocycles. The zero-order valence-electron chi connectivity index (χ0n) is 6.40. The van der Waals surface area contributed by atoms with Crippen LogP contribution in [0.4, 0.5) is 14.6 Å². The first-order chi connectivity index (χ1) is 6.06. The summed E-state index contributed by atoms with van der Waals surface area (Å²) >= 11 is 6.09. The molecule has 72 valence electrons. The SMILES string of the molecule is Nc1nc(Br)cc(C(F)F)c1CBr. The quantitative estimate of drug-likeness (QED) is 0.672. The summed E-state index contributed by atoms with van der Waals surface area (Å²) in [7, 11) is 0. The van der Waals surface area contributed by atoms with Gasteiger partial charge in [-0.3, -0.25) is 0 Å². The van der Waals surface area contributed by atoms with Gasteiger partial charge in [0.1, 0.15) is 10.4 Å². The van der Waals surface area contributed by atoms with Crippen LogP contribution in [0, 0.1) is 0 Å². The van der Waals surface area contributed by atoms with Crippen LogP contribution < -0.4 is 5.73 Å². The minimum absolute atomic E-state index is 0.0868. The van der Waals surface area contributed by atoms with E-state index in [1.807, 2.05) is 0 Å². The van der Waals surface area contributed by atoms with Crippen molar-refractivity contribution in [2.24, 2.45) is 0 Å². The first-order valence-electron chi connectivity index (χ1n) is 3.35. The molecule has 0 spiro atoms. The molecule has 0 aromatic carbocycles. The largest absolute Gasteiger partial charge is 0.383 e. The van der Waals surface area contributed by atoms with Crippen LogP contribution in [0.2, 0.25) is 0 Å². The number of anilines is 1. The molecule has 0 aliphatic rings. The fraction of sp³-hybridized carbons (Fsp3) is 0.286. The van der Waals surface area contributed by atoms with Gasteiger partial charge in [0.15, 0.2) is 0 Å². The molecule has 0 radical (unpaired) electrons. The standard InChI is InChI=1S/C7H6Br2F2N2/c8-2-4-3(6(10)11)1-5(9)13-7(4)12/h1,6H,2H2,(H2,12,13). The van der Waals surface area contributed by atoms with Crippen molar-refractivity contribution in [1.82, 2.24) is 4.98 Å². The van der Waals surface area contributed by atoms with Gasteiger partial charge in [0, 0.05) is 16.5 Å². The van der Waals surface area contributed by atoms with Gasteiger partial charge >= 0.3 is 0 Å². The van der Waals surface area contributed by atoms with Crippen LogP contribution in [0.5, 0.6) is 0 Å². The highest BCUT2D eigenvalue weighted by molar-refractivity contribution is 9.10. The van der Waals surface area contributed by atoms with Crippen molar-refractivity contribution in [2.45, 2.75) is 11.8 Å². The van der Waals surface area contributed by atoms with E-state index in [0.29, 0.717) is 10.2 Å². The van der Waals surface area contributed by atoms with E-state index in [-0.39, 0.29) is 16.7 Å². The Hall–Kier alpha value is -0.230. The summed E-state index contributed by atoms with van der Waals surface area (Å²) in [6.07, 6.45) is -2.53. The number of pyridine rings is 1. The van der Waals surface area contributed by atoms with Gasteiger partial charge in [0.05, 0.1) is 0 Å².